The number of hydrazone groups is 1. The molecule has 0 fully saturated rings. The van der Waals surface area contributed by atoms with Crippen LogP contribution in [0.1, 0.15) is 16.7 Å². The number of nitrogens with zero attached hydrogens (tertiary/aromatic N) is 2. The molecule has 0 unspecified atom stereocenters. The lowest BCUT2D eigenvalue weighted by atomic mass is 10.1. The Labute approximate surface area is 200 Å². The Hall–Kier alpha value is -3.86. The van der Waals surface area contributed by atoms with E-state index < -0.39 is 34.2 Å². The third kappa shape index (κ3) is 6.38. The summed E-state index contributed by atoms with van der Waals surface area (Å²) < 4.78 is 72.0. The van der Waals surface area contributed by atoms with Gasteiger partial charge in [0.15, 0.2) is 0 Å². The molecule has 0 saturated heterocycles. The molecule has 0 heterocycles. The van der Waals surface area contributed by atoms with Gasteiger partial charge in [0.25, 0.3) is 15.9 Å². The average Bonchev–Trinajstić information content (AvgIpc) is 2.82. The summed E-state index contributed by atoms with van der Waals surface area (Å²) in [7, 11) is -2.70. The van der Waals surface area contributed by atoms with E-state index in [9.17, 15) is 26.4 Å². The Morgan fingerprint density at radius 3 is 2.26 bits per heavy atom. The summed E-state index contributed by atoms with van der Waals surface area (Å²) in [5.41, 5.74) is 1.97. The lowest BCUT2D eigenvalue weighted by Crippen LogP contribution is -2.39. The number of amides is 1. The van der Waals surface area contributed by atoms with Crippen LogP contribution >= 0.6 is 0 Å². The van der Waals surface area contributed by atoms with Crippen molar-refractivity contribution in [3.8, 4) is 5.75 Å². The summed E-state index contributed by atoms with van der Waals surface area (Å²) in [4.78, 5) is 12.5. The lowest BCUT2D eigenvalue weighted by Gasteiger charge is -2.24. The van der Waals surface area contributed by atoms with Gasteiger partial charge in [-0.05, 0) is 49.4 Å². The molecule has 35 heavy (non-hydrogen) atoms. The predicted octanol–water partition coefficient (Wildman–Crippen LogP) is 4.37. The number of carbonyl (C=O) groups excluding carboxylic acids is 1. The summed E-state index contributed by atoms with van der Waals surface area (Å²) in [6.45, 7) is 1.14. The van der Waals surface area contributed by atoms with Gasteiger partial charge in [-0.25, -0.2) is 13.8 Å². The van der Waals surface area contributed by atoms with Crippen LogP contribution < -0.4 is 14.5 Å². The highest BCUT2D eigenvalue weighted by Crippen LogP contribution is 2.31. The Kier molecular flexibility index (Phi) is 7.80. The van der Waals surface area contributed by atoms with Crippen molar-refractivity contribution in [2.24, 2.45) is 5.10 Å². The smallest absolute Gasteiger partial charge is 0.417 e. The molecule has 3 rings (SSSR count). The van der Waals surface area contributed by atoms with Gasteiger partial charge in [0, 0.05) is 5.56 Å². The van der Waals surface area contributed by atoms with Crippen molar-refractivity contribution >= 4 is 27.8 Å². The number of ether oxygens (including phenoxy) is 1. The van der Waals surface area contributed by atoms with Gasteiger partial charge in [-0.15, -0.1) is 0 Å². The van der Waals surface area contributed by atoms with Gasteiger partial charge in [0.1, 0.15) is 12.3 Å². The second-order valence-electron chi connectivity index (χ2n) is 7.40. The fourth-order valence-electron chi connectivity index (χ4n) is 3.11. The third-order valence-corrected chi connectivity index (χ3v) is 6.70. The van der Waals surface area contributed by atoms with Crippen molar-refractivity contribution in [3.05, 3.63) is 89.5 Å². The highest BCUT2D eigenvalue weighted by Gasteiger charge is 2.32. The zero-order valence-corrected chi connectivity index (χ0v) is 19.6. The highest BCUT2D eigenvalue weighted by molar-refractivity contribution is 7.92. The molecule has 0 aromatic heterocycles. The van der Waals surface area contributed by atoms with Crippen LogP contribution in [0.3, 0.4) is 0 Å². The first-order valence-corrected chi connectivity index (χ1v) is 11.7. The number of sulfonamides is 1. The fourth-order valence-corrected chi connectivity index (χ4v) is 4.53. The van der Waals surface area contributed by atoms with Gasteiger partial charge in [0.05, 0.1) is 29.5 Å². The van der Waals surface area contributed by atoms with E-state index in [0.29, 0.717) is 5.75 Å². The van der Waals surface area contributed by atoms with Crippen LogP contribution in [0.2, 0.25) is 0 Å². The first kappa shape index (κ1) is 25.8. The van der Waals surface area contributed by atoms with Crippen LogP contribution in [0.25, 0.3) is 0 Å². The van der Waals surface area contributed by atoms with E-state index in [2.05, 4.69) is 10.5 Å². The molecule has 7 nitrogen and oxygen atoms in total. The molecule has 0 aliphatic carbocycles. The normalized spacial score (nSPS) is 11.9. The van der Waals surface area contributed by atoms with Crippen molar-refractivity contribution in [2.45, 2.75) is 18.0 Å². The molecule has 11 heteroatoms. The molecular weight excluding hydrogens is 483 g/mol. The van der Waals surface area contributed by atoms with E-state index >= 15 is 0 Å². The molecular formula is C24H22F3N3O4S. The molecule has 0 aliphatic heterocycles. The summed E-state index contributed by atoms with van der Waals surface area (Å²) in [6, 6.07) is 16.8. The Morgan fingerprint density at radius 1 is 1.03 bits per heavy atom. The van der Waals surface area contributed by atoms with Crippen LogP contribution in [0.5, 0.6) is 5.75 Å². The average molecular weight is 506 g/mol. The zero-order chi connectivity index (χ0) is 25.6. The summed E-state index contributed by atoms with van der Waals surface area (Å²) in [5, 5.41) is 3.59. The maximum Gasteiger partial charge on any atom is 0.417 e. The largest absolute Gasteiger partial charge is 0.497 e. The van der Waals surface area contributed by atoms with Crippen LogP contribution in [0.15, 0.2) is 82.8 Å². The first-order valence-electron chi connectivity index (χ1n) is 10.2. The fraction of sp³-hybridized carbons (Fsp3) is 0.167. The second kappa shape index (κ2) is 10.6. The van der Waals surface area contributed by atoms with E-state index in [4.69, 9.17) is 4.74 Å². The maximum absolute atomic E-state index is 13.3. The number of alkyl halides is 3. The summed E-state index contributed by atoms with van der Waals surface area (Å²) in [6.07, 6.45) is -3.74. The van der Waals surface area contributed by atoms with Crippen molar-refractivity contribution in [2.75, 3.05) is 18.0 Å². The van der Waals surface area contributed by atoms with E-state index in [-0.39, 0.29) is 16.1 Å². The number of anilines is 1. The Morgan fingerprint density at radius 2 is 1.66 bits per heavy atom. The minimum atomic E-state index is -4.60. The molecule has 0 aliphatic rings. The van der Waals surface area contributed by atoms with E-state index in [1.165, 1.54) is 61.7 Å². The third-order valence-electron chi connectivity index (χ3n) is 4.92. The van der Waals surface area contributed by atoms with Gasteiger partial charge in [-0.3, -0.25) is 9.10 Å². The summed E-state index contributed by atoms with van der Waals surface area (Å²) >= 11 is 0. The zero-order valence-electron chi connectivity index (χ0n) is 18.8. The molecule has 3 aromatic rings. The van der Waals surface area contributed by atoms with Crippen molar-refractivity contribution in [3.63, 3.8) is 0 Å². The van der Waals surface area contributed by atoms with Gasteiger partial charge in [0.2, 0.25) is 0 Å². The van der Waals surface area contributed by atoms with Crippen LogP contribution in [0, 0.1) is 6.92 Å². The number of hydrogen-bond acceptors (Lipinski definition) is 5. The topological polar surface area (TPSA) is 88.1 Å². The van der Waals surface area contributed by atoms with E-state index in [1.54, 1.807) is 19.1 Å². The molecule has 0 bridgehead atoms. The number of benzene rings is 3. The van der Waals surface area contributed by atoms with Crippen molar-refractivity contribution < 1.29 is 31.1 Å². The SMILES string of the molecule is COc1ccc(N(CC(=O)N/N=C\c2ccccc2C(F)(F)F)S(=O)(=O)c2ccc(C)cc2)cc1. The maximum atomic E-state index is 13.3. The summed E-state index contributed by atoms with van der Waals surface area (Å²) in [5.74, 6) is -0.365. The standard InChI is InChI=1S/C24H22F3N3O4S/c1-17-7-13-21(14-8-17)35(32,33)30(19-9-11-20(34-2)12-10-19)16-23(31)29-28-15-18-5-3-4-6-22(18)24(25,26)27/h3-15H,16H2,1-2H3,(H,29,31)/b28-15-. The molecule has 0 spiro atoms. The second-order valence-corrected chi connectivity index (χ2v) is 9.26. The van der Waals surface area contributed by atoms with Crippen LogP contribution in [0.4, 0.5) is 18.9 Å². The van der Waals surface area contributed by atoms with Gasteiger partial charge in [-0.2, -0.15) is 18.3 Å². The van der Waals surface area contributed by atoms with Crippen molar-refractivity contribution in [1.29, 1.82) is 0 Å². The number of methoxy groups -OCH3 is 1. The molecule has 0 radical (unpaired) electrons. The van der Waals surface area contributed by atoms with Crippen LogP contribution in [-0.2, 0) is 21.0 Å². The molecule has 3 aromatic carbocycles. The minimum Gasteiger partial charge on any atom is -0.497 e. The van der Waals surface area contributed by atoms with E-state index in [1.807, 2.05) is 0 Å². The monoisotopic (exact) mass is 505 g/mol. The number of nitrogens with one attached hydrogen (secondary N) is 1. The van der Waals surface area contributed by atoms with Crippen LogP contribution in [-0.4, -0.2) is 34.2 Å². The molecule has 1 N–H and O–H groups in total. The number of aryl methyl sites for hydroxylation is 1. The minimum absolute atomic E-state index is 0.0330. The quantitative estimate of drug-likeness (QED) is 0.364. The molecule has 0 atom stereocenters. The Balaban J connectivity index is 1.86. The number of carbonyl (C=O) groups is 1. The number of rotatable bonds is 8. The van der Waals surface area contributed by atoms with Gasteiger partial charge >= 0.3 is 6.18 Å². The first-order chi connectivity index (χ1) is 16.5. The highest BCUT2D eigenvalue weighted by atomic mass is 32.2. The molecule has 1 amide bonds. The van der Waals surface area contributed by atoms with E-state index in [0.717, 1.165) is 22.1 Å². The molecule has 0 saturated carbocycles. The number of halogens is 3. The predicted molar refractivity (Wildman–Crippen MR) is 126 cm³/mol. The Bertz CT molecular complexity index is 1310. The van der Waals surface area contributed by atoms with Crippen molar-refractivity contribution in [1.82, 2.24) is 5.43 Å². The number of hydrogen-bond donors (Lipinski definition) is 1. The lowest BCUT2D eigenvalue weighted by molar-refractivity contribution is -0.137. The molecule has 184 valence electrons. The van der Waals surface area contributed by atoms with Gasteiger partial charge < -0.3 is 4.74 Å². The van der Waals surface area contributed by atoms with Gasteiger partial charge in [-0.1, -0.05) is 35.9 Å².